The number of amides is 1. The number of aryl methyl sites for hydroxylation is 2. The Balaban J connectivity index is 1.42. The summed E-state index contributed by atoms with van der Waals surface area (Å²) in [5.41, 5.74) is 5.06. The fourth-order valence-electron chi connectivity index (χ4n) is 3.76. The summed E-state index contributed by atoms with van der Waals surface area (Å²) in [6.07, 6.45) is 1.30. The fourth-order valence-corrected chi connectivity index (χ4v) is 4.77. The van der Waals surface area contributed by atoms with Crippen LogP contribution in [0.2, 0.25) is 0 Å². The van der Waals surface area contributed by atoms with Gasteiger partial charge in [0.1, 0.15) is 11.2 Å². The Morgan fingerprint density at radius 3 is 2.66 bits per heavy atom. The molecule has 0 aliphatic heterocycles. The van der Waals surface area contributed by atoms with E-state index in [9.17, 15) is 14.4 Å². The molecule has 32 heavy (non-hydrogen) atoms. The van der Waals surface area contributed by atoms with Gasteiger partial charge in [0.25, 0.3) is 5.56 Å². The third kappa shape index (κ3) is 3.42. The van der Waals surface area contributed by atoms with Crippen molar-refractivity contribution in [2.75, 3.05) is 5.43 Å². The second kappa shape index (κ2) is 7.93. The van der Waals surface area contributed by atoms with E-state index >= 15 is 0 Å². The van der Waals surface area contributed by atoms with Gasteiger partial charge in [-0.1, -0.05) is 42.5 Å². The Labute approximate surface area is 185 Å². The SMILES string of the molecule is Cc1sc2ncn(NC(=O)CCn3c(=O)oc4ccccc43)c(=O)c2c1-c1ccccc1. The van der Waals surface area contributed by atoms with Crippen molar-refractivity contribution in [3.8, 4) is 11.1 Å². The van der Waals surface area contributed by atoms with Crippen molar-refractivity contribution in [2.24, 2.45) is 0 Å². The summed E-state index contributed by atoms with van der Waals surface area (Å²) in [4.78, 5) is 43.8. The summed E-state index contributed by atoms with van der Waals surface area (Å²) in [6, 6.07) is 16.6. The van der Waals surface area contributed by atoms with Crippen LogP contribution in [-0.4, -0.2) is 20.1 Å². The third-order valence-electron chi connectivity index (χ3n) is 5.23. The van der Waals surface area contributed by atoms with Gasteiger partial charge in [-0.3, -0.25) is 19.6 Å². The van der Waals surface area contributed by atoms with Crippen LogP contribution in [-0.2, 0) is 11.3 Å². The molecule has 5 aromatic rings. The lowest BCUT2D eigenvalue weighted by molar-refractivity contribution is -0.117. The number of hydrogen-bond donors (Lipinski definition) is 1. The molecule has 0 bridgehead atoms. The van der Waals surface area contributed by atoms with Crippen molar-refractivity contribution in [1.29, 1.82) is 0 Å². The van der Waals surface area contributed by atoms with Crippen molar-refractivity contribution in [1.82, 2.24) is 14.2 Å². The van der Waals surface area contributed by atoms with Crippen molar-refractivity contribution >= 4 is 38.6 Å². The minimum atomic E-state index is -0.527. The number of aromatic nitrogens is 3. The monoisotopic (exact) mass is 446 g/mol. The largest absolute Gasteiger partial charge is 0.419 e. The highest BCUT2D eigenvalue weighted by atomic mass is 32.1. The Hall–Kier alpha value is -3.98. The fraction of sp³-hybridized carbons (Fsp3) is 0.130. The minimum Gasteiger partial charge on any atom is -0.408 e. The first kappa shape index (κ1) is 20.0. The zero-order valence-electron chi connectivity index (χ0n) is 17.1. The van der Waals surface area contributed by atoms with E-state index in [1.54, 1.807) is 24.3 Å². The maximum absolute atomic E-state index is 13.2. The summed E-state index contributed by atoms with van der Waals surface area (Å²) in [7, 11) is 0. The van der Waals surface area contributed by atoms with E-state index in [2.05, 4.69) is 10.4 Å². The Bertz CT molecular complexity index is 1580. The van der Waals surface area contributed by atoms with Crippen LogP contribution < -0.4 is 16.7 Å². The zero-order valence-corrected chi connectivity index (χ0v) is 17.9. The van der Waals surface area contributed by atoms with E-state index in [4.69, 9.17) is 4.42 Å². The molecule has 0 atom stereocenters. The lowest BCUT2D eigenvalue weighted by atomic mass is 10.0. The maximum Gasteiger partial charge on any atom is 0.419 e. The smallest absolute Gasteiger partial charge is 0.408 e. The molecule has 2 aromatic carbocycles. The normalized spacial score (nSPS) is 11.3. The van der Waals surface area contributed by atoms with Crippen molar-refractivity contribution in [3.63, 3.8) is 0 Å². The number of rotatable bonds is 5. The van der Waals surface area contributed by atoms with E-state index in [-0.39, 0.29) is 18.5 Å². The highest BCUT2D eigenvalue weighted by Crippen LogP contribution is 2.35. The summed E-state index contributed by atoms with van der Waals surface area (Å²) >= 11 is 1.44. The molecule has 1 amide bonds. The van der Waals surface area contributed by atoms with Crippen LogP contribution in [0, 0.1) is 6.92 Å². The average molecular weight is 446 g/mol. The van der Waals surface area contributed by atoms with Gasteiger partial charge in [-0.25, -0.2) is 14.5 Å². The van der Waals surface area contributed by atoms with Gasteiger partial charge in [0.2, 0.25) is 5.91 Å². The number of carbonyl (C=O) groups is 1. The van der Waals surface area contributed by atoms with Gasteiger partial charge in [-0.2, -0.15) is 0 Å². The lowest BCUT2D eigenvalue weighted by Crippen LogP contribution is -2.34. The molecule has 8 nitrogen and oxygen atoms in total. The van der Waals surface area contributed by atoms with E-state index in [0.717, 1.165) is 20.7 Å². The van der Waals surface area contributed by atoms with Crippen LogP contribution in [0.3, 0.4) is 0 Å². The number of hydrogen-bond acceptors (Lipinski definition) is 6. The van der Waals surface area contributed by atoms with Crippen molar-refractivity contribution in [2.45, 2.75) is 19.9 Å². The van der Waals surface area contributed by atoms with Gasteiger partial charge >= 0.3 is 5.76 Å². The van der Waals surface area contributed by atoms with Crippen LogP contribution >= 0.6 is 11.3 Å². The molecule has 0 radical (unpaired) electrons. The van der Waals surface area contributed by atoms with Crippen LogP contribution in [0.25, 0.3) is 32.4 Å². The first-order valence-electron chi connectivity index (χ1n) is 9.97. The molecule has 0 aliphatic rings. The number of para-hydroxylation sites is 2. The first-order chi connectivity index (χ1) is 15.5. The average Bonchev–Trinajstić information content (AvgIpc) is 3.30. The van der Waals surface area contributed by atoms with Crippen LogP contribution in [0.15, 0.2) is 74.9 Å². The molecule has 0 saturated heterocycles. The van der Waals surface area contributed by atoms with E-state index in [1.165, 1.54) is 22.2 Å². The Morgan fingerprint density at radius 2 is 1.84 bits per heavy atom. The van der Waals surface area contributed by atoms with Crippen LogP contribution in [0.5, 0.6) is 0 Å². The van der Waals surface area contributed by atoms with Gasteiger partial charge < -0.3 is 4.42 Å². The number of nitrogens with zero attached hydrogens (tertiary/aromatic N) is 3. The quantitative estimate of drug-likeness (QED) is 0.446. The summed E-state index contributed by atoms with van der Waals surface area (Å²) in [5.74, 6) is -0.945. The Kier molecular flexibility index (Phi) is 4.95. The standard InChI is InChI=1S/C23H18N4O4S/c1-14-19(15-7-3-2-4-8-15)20-21(32-14)24-13-27(22(20)29)25-18(28)11-12-26-16-9-5-6-10-17(16)31-23(26)30/h2-10,13H,11-12H2,1H3,(H,25,28). The highest BCUT2D eigenvalue weighted by Gasteiger charge is 2.18. The molecule has 0 saturated carbocycles. The molecule has 5 rings (SSSR count). The third-order valence-corrected chi connectivity index (χ3v) is 6.25. The number of fused-ring (bicyclic) bond motifs is 2. The van der Waals surface area contributed by atoms with E-state index in [0.29, 0.717) is 21.3 Å². The predicted octanol–water partition coefficient (Wildman–Crippen LogP) is 3.50. The second-order valence-corrected chi connectivity index (χ2v) is 8.47. The molecule has 3 heterocycles. The zero-order chi connectivity index (χ0) is 22.2. The maximum atomic E-state index is 13.2. The summed E-state index contributed by atoms with van der Waals surface area (Å²) in [6.45, 7) is 2.07. The van der Waals surface area contributed by atoms with Crippen LogP contribution in [0.4, 0.5) is 0 Å². The van der Waals surface area contributed by atoms with Crippen LogP contribution in [0.1, 0.15) is 11.3 Å². The van der Waals surface area contributed by atoms with E-state index in [1.807, 2.05) is 37.3 Å². The molecule has 0 unspecified atom stereocenters. The van der Waals surface area contributed by atoms with E-state index < -0.39 is 11.7 Å². The molecular weight excluding hydrogens is 428 g/mol. The molecule has 9 heteroatoms. The number of thiophene rings is 1. The van der Waals surface area contributed by atoms with Gasteiger partial charge in [0.15, 0.2) is 5.58 Å². The van der Waals surface area contributed by atoms with Crippen molar-refractivity contribution < 1.29 is 9.21 Å². The molecule has 160 valence electrons. The number of nitrogens with one attached hydrogen (secondary N) is 1. The predicted molar refractivity (Wildman–Crippen MR) is 124 cm³/mol. The van der Waals surface area contributed by atoms with Gasteiger partial charge in [-0.15, -0.1) is 11.3 Å². The molecule has 0 aliphatic carbocycles. The number of carbonyl (C=O) groups excluding carboxylic acids is 1. The van der Waals surface area contributed by atoms with Gasteiger partial charge in [-0.05, 0) is 24.6 Å². The highest BCUT2D eigenvalue weighted by molar-refractivity contribution is 7.19. The number of benzene rings is 2. The van der Waals surface area contributed by atoms with Gasteiger partial charge in [0.05, 0.1) is 10.9 Å². The van der Waals surface area contributed by atoms with Gasteiger partial charge in [0, 0.05) is 23.4 Å². The molecule has 1 N–H and O–H groups in total. The topological polar surface area (TPSA) is 99.1 Å². The summed E-state index contributed by atoms with van der Waals surface area (Å²) in [5, 5.41) is 0.471. The lowest BCUT2D eigenvalue weighted by Gasteiger charge is -2.09. The number of oxazole rings is 1. The molecular formula is C23H18N4O4S. The molecule has 0 fully saturated rings. The molecule has 0 spiro atoms. The summed E-state index contributed by atoms with van der Waals surface area (Å²) < 4.78 is 7.68. The van der Waals surface area contributed by atoms with Crippen molar-refractivity contribution in [3.05, 3.63) is 86.7 Å². The minimum absolute atomic E-state index is 0.0118. The molecule has 3 aromatic heterocycles. The Morgan fingerprint density at radius 1 is 1.09 bits per heavy atom. The first-order valence-corrected chi connectivity index (χ1v) is 10.8. The second-order valence-electron chi connectivity index (χ2n) is 7.27.